The van der Waals surface area contributed by atoms with Crippen LogP contribution in [-0.4, -0.2) is 27.4 Å². The number of carbonyl (C=O) groups is 1. The number of nitrogens with one attached hydrogen (secondary N) is 2. The van der Waals surface area contributed by atoms with Crippen molar-refractivity contribution >= 4 is 33.4 Å². The van der Waals surface area contributed by atoms with Crippen molar-refractivity contribution in [1.82, 2.24) is 20.3 Å². The van der Waals surface area contributed by atoms with Gasteiger partial charge in [-0.1, -0.05) is 26.8 Å². The van der Waals surface area contributed by atoms with Crippen LogP contribution in [0.15, 0.2) is 30.6 Å². The van der Waals surface area contributed by atoms with Gasteiger partial charge in [0, 0.05) is 23.8 Å². The highest BCUT2D eigenvalue weighted by molar-refractivity contribution is 7.19. The molecule has 0 fully saturated rings. The van der Waals surface area contributed by atoms with Crippen molar-refractivity contribution in [3.63, 3.8) is 0 Å². The topological polar surface area (TPSA) is 79.8 Å². The molecule has 3 aromatic rings. The Labute approximate surface area is 164 Å². The number of anilines is 1. The maximum Gasteiger partial charge on any atom is 0.271 e. The number of rotatable bonds is 6. The quantitative estimate of drug-likeness (QED) is 0.641. The van der Waals surface area contributed by atoms with Crippen LogP contribution in [0.5, 0.6) is 0 Å². The third-order valence-corrected chi connectivity index (χ3v) is 4.82. The predicted molar refractivity (Wildman–Crippen MR) is 112 cm³/mol. The number of pyridine rings is 1. The second-order valence-electron chi connectivity index (χ2n) is 5.88. The van der Waals surface area contributed by atoms with Gasteiger partial charge in [-0.25, -0.2) is 9.97 Å². The van der Waals surface area contributed by atoms with E-state index >= 15 is 0 Å². The summed E-state index contributed by atoms with van der Waals surface area (Å²) in [6, 6.07) is 5.85. The average molecular weight is 386 g/mol. The van der Waals surface area contributed by atoms with E-state index in [0.717, 1.165) is 27.1 Å². The summed E-state index contributed by atoms with van der Waals surface area (Å²) in [5.41, 5.74) is 2.25. The maximum absolute atomic E-state index is 12.5. The molecule has 0 bridgehead atoms. The summed E-state index contributed by atoms with van der Waals surface area (Å²) in [5, 5.41) is 6.18. The van der Waals surface area contributed by atoms with Gasteiger partial charge in [-0.15, -0.1) is 11.3 Å². The van der Waals surface area contributed by atoms with Gasteiger partial charge in [-0.05, 0) is 38.0 Å². The zero-order valence-electron chi connectivity index (χ0n) is 16.5. The zero-order valence-corrected chi connectivity index (χ0v) is 17.4. The molecule has 6 nitrogen and oxygen atoms in total. The van der Waals surface area contributed by atoms with E-state index < -0.39 is 0 Å². The molecule has 0 aliphatic carbocycles. The lowest BCUT2D eigenvalue weighted by atomic mass is 10.1. The number of hydrogen-bond acceptors (Lipinski definition) is 6. The van der Waals surface area contributed by atoms with Crippen LogP contribution in [-0.2, 0) is 0 Å². The normalized spacial score (nSPS) is 11.4. The minimum Gasteiger partial charge on any atom is -0.351 e. The molecule has 3 rings (SSSR count). The molecule has 7 heteroatoms. The van der Waals surface area contributed by atoms with E-state index in [1.165, 1.54) is 0 Å². The monoisotopic (exact) mass is 385 g/mol. The maximum atomic E-state index is 12.5. The van der Waals surface area contributed by atoms with Crippen molar-refractivity contribution in [1.29, 1.82) is 0 Å². The van der Waals surface area contributed by atoms with Gasteiger partial charge in [0.1, 0.15) is 0 Å². The van der Waals surface area contributed by atoms with E-state index in [9.17, 15) is 4.79 Å². The van der Waals surface area contributed by atoms with Crippen LogP contribution in [0, 0.1) is 6.92 Å². The van der Waals surface area contributed by atoms with E-state index in [1.54, 1.807) is 23.7 Å². The number of aromatic nitrogens is 3. The molecular weight excluding hydrogens is 358 g/mol. The Morgan fingerprint density at radius 2 is 2.07 bits per heavy atom. The number of fused-ring (bicyclic) bond motifs is 1. The predicted octanol–water partition coefficient (Wildman–Crippen LogP) is 4.73. The lowest BCUT2D eigenvalue weighted by molar-refractivity contribution is 0.0950. The third kappa shape index (κ3) is 5.23. The molecule has 0 saturated carbocycles. The number of thiophene rings is 1. The van der Waals surface area contributed by atoms with Crippen LogP contribution in [0.3, 0.4) is 0 Å². The Bertz CT molecular complexity index is 879. The highest BCUT2D eigenvalue weighted by atomic mass is 32.1. The Balaban J connectivity index is 0.00000126. The summed E-state index contributed by atoms with van der Waals surface area (Å²) in [6.07, 6.45) is 4.43. The van der Waals surface area contributed by atoms with Crippen molar-refractivity contribution in [2.45, 2.75) is 47.1 Å². The zero-order chi connectivity index (χ0) is 19.8. The molecule has 144 valence electrons. The lowest BCUT2D eigenvalue weighted by Crippen LogP contribution is -2.25. The van der Waals surface area contributed by atoms with E-state index in [2.05, 4.69) is 25.6 Å². The first-order valence-electron chi connectivity index (χ1n) is 9.31. The van der Waals surface area contributed by atoms with Gasteiger partial charge in [0.25, 0.3) is 5.91 Å². The van der Waals surface area contributed by atoms with E-state index in [4.69, 9.17) is 0 Å². The summed E-state index contributed by atoms with van der Waals surface area (Å²) in [4.78, 5) is 26.8. The van der Waals surface area contributed by atoms with E-state index in [1.807, 2.05) is 52.8 Å². The Morgan fingerprint density at radius 3 is 2.74 bits per heavy atom. The Kier molecular flexibility index (Phi) is 7.67. The summed E-state index contributed by atoms with van der Waals surface area (Å²) >= 11 is 1.54. The number of nitrogens with zero attached hydrogens (tertiary/aromatic N) is 3. The molecule has 0 aromatic carbocycles. The van der Waals surface area contributed by atoms with Crippen LogP contribution in [0.2, 0.25) is 0 Å². The minimum absolute atomic E-state index is 0.0163. The standard InChI is InChI=1S/C18H21N5OS.C2H6/c1-4-7-20-17(24)15-16-14(9-11(2)25-16)22-18(23-15)21-12(3)13-6-5-8-19-10-13;1-2/h5-6,8-10,12H,4,7H2,1-3H3,(H,20,24)(H,21,22,23);1-2H3/t12-;/m0./s1. The van der Waals surface area contributed by atoms with E-state index in [0.29, 0.717) is 18.2 Å². The van der Waals surface area contributed by atoms with Crippen LogP contribution < -0.4 is 10.6 Å². The van der Waals surface area contributed by atoms with Gasteiger partial charge in [-0.2, -0.15) is 0 Å². The molecule has 0 spiro atoms. The van der Waals surface area contributed by atoms with Gasteiger partial charge in [0.15, 0.2) is 5.69 Å². The molecule has 3 heterocycles. The summed E-state index contributed by atoms with van der Waals surface area (Å²) < 4.78 is 0.825. The fourth-order valence-corrected chi connectivity index (χ4v) is 3.44. The molecule has 2 N–H and O–H groups in total. The first-order valence-corrected chi connectivity index (χ1v) is 10.1. The number of hydrogen-bond donors (Lipinski definition) is 2. The molecule has 0 aliphatic heterocycles. The second kappa shape index (κ2) is 9.97. The van der Waals surface area contributed by atoms with Crippen LogP contribution in [0.4, 0.5) is 5.95 Å². The smallest absolute Gasteiger partial charge is 0.271 e. The average Bonchev–Trinajstić information content (AvgIpc) is 3.07. The summed E-state index contributed by atoms with van der Waals surface area (Å²) in [7, 11) is 0. The molecule has 0 unspecified atom stereocenters. The van der Waals surface area contributed by atoms with Gasteiger partial charge >= 0.3 is 0 Å². The largest absolute Gasteiger partial charge is 0.351 e. The highest BCUT2D eigenvalue weighted by Gasteiger charge is 2.18. The van der Waals surface area contributed by atoms with Gasteiger partial charge in [0.2, 0.25) is 5.95 Å². The van der Waals surface area contributed by atoms with Crippen molar-refractivity contribution in [3.8, 4) is 0 Å². The summed E-state index contributed by atoms with van der Waals surface area (Å²) in [5.74, 6) is 0.288. The SMILES string of the molecule is CC.CCCNC(=O)c1nc(N[C@@H](C)c2cccnc2)nc2cc(C)sc12. The molecular formula is C20H27N5OS. The highest BCUT2D eigenvalue weighted by Crippen LogP contribution is 2.28. The Morgan fingerprint density at radius 1 is 1.30 bits per heavy atom. The lowest BCUT2D eigenvalue weighted by Gasteiger charge is -2.14. The van der Waals surface area contributed by atoms with Crippen LogP contribution >= 0.6 is 11.3 Å². The molecule has 1 atom stereocenters. The van der Waals surface area contributed by atoms with Crippen molar-refractivity contribution in [2.75, 3.05) is 11.9 Å². The summed E-state index contributed by atoms with van der Waals surface area (Å²) in [6.45, 7) is 10.7. The van der Waals surface area contributed by atoms with Crippen molar-refractivity contribution in [2.24, 2.45) is 0 Å². The fraction of sp³-hybridized carbons (Fsp3) is 0.400. The first-order chi connectivity index (χ1) is 13.1. The van der Waals surface area contributed by atoms with Gasteiger partial charge in [0.05, 0.1) is 16.3 Å². The third-order valence-electron chi connectivity index (χ3n) is 3.78. The molecule has 27 heavy (non-hydrogen) atoms. The number of carbonyl (C=O) groups excluding carboxylic acids is 1. The molecule has 3 aromatic heterocycles. The van der Waals surface area contributed by atoms with E-state index in [-0.39, 0.29) is 11.9 Å². The van der Waals surface area contributed by atoms with Crippen LogP contribution in [0.1, 0.15) is 61.1 Å². The van der Waals surface area contributed by atoms with Gasteiger partial charge in [-0.3, -0.25) is 9.78 Å². The van der Waals surface area contributed by atoms with Crippen LogP contribution in [0.25, 0.3) is 10.2 Å². The number of aryl methyl sites for hydroxylation is 1. The first kappa shape index (κ1) is 20.8. The molecule has 0 radical (unpaired) electrons. The second-order valence-corrected chi connectivity index (χ2v) is 7.13. The van der Waals surface area contributed by atoms with Crippen molar-refractivity contribution < 1.29 is 4.79 Å². The fourth-order valence-electron chi connectivity index (χ4n) is 2.50. The van der Waals surface area contributed by atoms with Gasteiger partial charge < -0.3 is 10.6 Å². The molecule has 0 saturated heterocycles. The number of amides is 1. The Hall–Kier alpha value is -2.54. The molecule has 1 amide bonds. The molecule has 0 aliphatic rings. The van der Waals surface area contributed by atoms with Crippen molar-refractivity contribution in [3.05, 3.63) is 46.7 Å². The minimum atomic E-state index is -0.159.